The van der Waals surface area contributed by atoms with E-state index in [1.165, 1.54) is 0 Å². The Kier molecular flexibility index (Phi) is 2.15. The molecule has 0 amide bonds. The van der Waals surface area contributed by atoms with Crippen molar-refractivity contribution < 1.29 is 0 Å². The Bertz CT molecular complexity index is 333. The van der Waals surface area contributed by atoms with Crippen molar-refractivity contribution in [2.24, 2.45) is 5.92 Å². The molecule has 0 N–H and O–H groups in total. The second kappa shape index (κ2) is 2.61. The van der Waals surface area contributed by atoms with Gasteiger partial charge in [-0.15, -0.1) is 46.4 Å². The molecule has 4 fully saturated rings. The number of halogens is 8. The van der Waals surface area contributed by atoms with E-state index in [0.717, 1.165) is 0 Å². The van der Waals surface area contributed by atoms with E-state index in [1.807, 2.05) is 0 Å². The molecular formula is C7H2Cl8. The Balaban J connectivity index is 2.35. The maximum atomic E-state index is 6.30. The molecule has 0 heterocycles. The fraction of sp³-hybridized carbons (Fsp3) is 1.00. The van der Waals surface area contributed by atoms with Crippen molar-refractivity contribution in [3.8, 4) is 0 Å². The summed E-state index contributed by atoms with van der Waals surface area (Å²) in [4.78, 5) is -3.77. The molecule has 0 aromatic heterocycles. The van der Waals surface area contributed by atoms with Crippen molar-refractivity contribution in [2.75, 3.05) is 0 Å². The third-order valence-electron chi connectivity index (χ3n) is 3.80. The number of rotatable bonds is 0. The maximum absolute atomic E-state index is 6.30. The van der Waals surface area contributed by atoms with Gasteiger partial charge in [0.15, 0.2) is 8.67 Å². The number of hydrogen-bond donors (Lipinski definition) is 0. The van der Waals surface area contributed by atoms with Gasteiger partial charge in [-0.05, 0) is 0 Å². The molecule has 4 rings (SSSR count). The molecule has 8 heteroatoms. The van der Waals surface area contributed by atoms with Crippen LogP contribution in [0, 0.1) is 5.92 Å². The van der Waals surface area contributed by atoms with Crippen LogP contribution in [0.4, 0.5) is 0 Å². The first-order valence-electron chi connectivity index (χ1n) is 3.99. The lowest BCUT2D eigenvalue weighted by Crippen LogP contribution is -2.51. The van der Waals surface area contributed by atoms with E-state index in [2.05, 4.69) is 0 Å². The highest BCUT2D eigenvalue weighted by atomic mass is 35.5. The van der Waals surface area contributed by atoms with Crippen molar-refractivity contribution in [1.29, 1.82) is 0 Å². The molecule has 3 atom stereocenters. The summed E-state index contributed by atoms with van der Waals surface area (Å²) in [6, 6.07) is 0. The zero-order valence-corrected chi connectivity index (χ0v) is 12.7. The average Bonchev–Trinajstić information content (AvgIpc) is 2.52. The Morgan fingerprint density at radius 1 is 0.600 bits per heavy atom. The van der Waals surface area contributed by atoms with Gasteiger partial charge in [0, 0.05) is 5.92 Å². The van der Waals surface area contributed by atoms with E-state index in [4.69, 9.17) is 92.8 Å². The molecule has 3 unspecified atom stereocenters. The third kappa shape index (κ3) is 0.738. The van der Waals surface area contributed by atoms with Crippen molar-refractivity contribution in [2.45, 2.75) is 28.7 Å². The van der Waals surface area contributed by atoms with Crippen LogP contribution >= 0.6 is 92.8 Å². The quantitative estimate of drug-likeness (QED) is 0.550. The highest BCUT2D eigenvalue weighted by Crippen LogP contribution is 2.95. The zero-order chi connectivity index (χ0) is 11.7. The minimum Gasteiger partial charge on any atom is -0.120 e. The van der Waals surface area contributed by atoms with Gasteiger partial charge in [-0.1, -0.05) is 46.4 Å². The Morgan fingerprint density at radius 2 is 0.933 bits per heavy atom. The zero-order valence-electron chi connectivity index (χ0n) is 6.68. The minimum atomic E-state index is -1.55. The first-order valence-corrected chi connectivity index (χ1v) is 7.07. The van der Waals surface area contributed by atoms with E-state index in [1.54, 1.807) is 0 Å². The molecule has 0 radical (unpaired) electrons. The molecule has 0 saturated heterocycles. The summed E-state index contributed by atoms with van der Waals surface area (Å²) < 4.78 is -3.10. The van der Waals surface area contributed by atoms with Gasteiger partial charge in [-0.2, -0.15) is 0 Å². The first-order chi connectivity index (χ1) is 6.53. The molecular weight excluding hydrogens is 368 g/mol. The second-order valence-corrected chi connectivity index (χ2v) is 9.08. The smallest absolute Gasteiger partial charge is 0.120 e. The van der Waals surface area contributed by atoms with Crippen LogP contribution in [0.1, 0.15) is 0 Å². The van der Waals surface area contributed by atoms with Crippen molar-refractivity contribution in [1.82, 2.24) is 0 Å². The average molecular weight is 370 g/mol. The van der Waals surface area contributed by atoms with Gasteiger partial charge < -0.3 is 0 Å². The van der Waals surface area contributed by atoms with Gasteiger partial charge in [-0.3, -0.25) is 0 Å². The van der Waals surface area contributed by atoms with Crippen LogP contribution in [-0.2, 0) is 0 Å². The molecule has 0 nitrogen and oxygen atoms in total. The molecule has 0 aliphatic heterocycles. The second-order valence-electron chi connectivity index (χ2n) is 4.16. The SMILES string of the molecule is ClC1C2C3(Cl)C(Cl)(Cl)C1(Cl)C(Cl)(Cl)C23Cl. The predicted molar refractivity (Wildman–Crippen MR) is 67.8 cm³/mol. The normalized spacial score (nSPS) is 67.2. The molecule has 86 valence electrons. The Labute approximate surface area is 126 Å². The summed E-state index contributed by atoms with van der Waals surface area (Å²) in [6.45, 7) is 0. The fourth-order valence-electron chi connectivity index (χ4n) is 2.99. The predicted octanol–water partition coefficient (Wildman–Crippen LogP) is 4.53. The van der Waals surface area contributed by atoms with Gasteiger partial charge in [0.2, 0.25) is 0 Å². The van der Waals surface area contributed by atoms with Crippen LogP contribution in [0.25, 0.3) is 0 Å². The molecule has 4 bridgehead atoms. The molecule has 15 heavy (non-hydrogen) atoms. The van der Waals surface area contributed by atoms with E-state index in [-0.39, 0.29) is 0 Å². The summed E-state index contributed by atoms with van der Waals surface area (Å²) >= 11 is 49.7. The van der Waals surface area contributed by atoms with Crippen LogP contribution in [0.2, 0.25) is 0 Å². The summed E-state index contributed by atoms with van der Waals surface area (Å²) in [5, 5.41) is -0.654. The Hall–Kier alpha value is 2.32. The van der Waals surface area contributed by atoms with E-state index in [0.29, 0.717) is 0 Å². The summed E-state index contributed by atoms with van der Waals surface area (Å²) in [5.41, 5.74) is 0. The lowest BCUT2D eigenvalue weighted by Gasteiger charge is -2.36. The van der Waals surface area contributed by atoms with Crippen molar-refractivity contribution in [3.05, 3.63) is 0 Å². The maximum Gasteiger partial charge on any atom is 0.162 e. The number of hydrogen-bond acceptors (Lipinski definition) is 0. The van der Waals surface area contributed by atoms with Crippen LogP contribution in [-0.4, -0.2) is 28.7 Å². The van der Waals surface area contributed by atoms with Crippen LogP contribution in [0.5, 0.6) is 0 Å². The van der Waals surface area contributed by atoms with Crippen molar-refractivity contribution in [3.63, 3.8) is 0 Å². The highest BCUT2D eigenvalue weighted by molar-refractivity contribution is 6.73. The molecule has 0 aromatic carbocycles. The summed E-state index contributed by atoms with van der Waals surface area (Å²) in [6.07, 6.45) is 0. The van der Waals surface area contributed by atoms with E-state index in [9.17, 15) is 0 Å². The fourth-order valence-corrected chi connectivity index (χ4v) is 8.40. The van der Waals surface area contributed by atoms with Crippen molar-refractivity contribution >= 4 is 92.8 Å². The standard InChI is InChI=1S/C7H2Cl8/c8-2-1-3(9)4(1,10)7(14,15)5(2,11)6(3,12)13/h1-2H. The molecule has 4 aliphatic rings. The van der Waals surface area contributed by atoms with Gasteiger partial charge in [-0.25, -0.2) is 0 Å². The number of alkyl halides is 8. The minimum absolute atomic E-state index is 0.391. The lowest BCUT2D eigenvalue weighted by atomic mass is 10.1. The van der Waals surface area contributed by atoms with Crippen LogP contribution < -0.4 is 0 Å². The molecule has 4 aliphatic carbocycles. The van der Waals surface area contributed by atoms with E-state index >= 15 is 0 Å². The topological polar surface area (TPSA) is 0 Å². The van der Waals surface area contributed by atoms with Gasteiger partial charge >= 0.3 is 0 Å². The van der Waals surface area contributed by atoms with E-state index < -0.39 is 34.6 Å². The van der Waals surface area contributed by atoms with Gasteiger partial charge in [0.25, 0.3) is 0 Å². The monoisotopic (exact) mass is 366 g/mol. The molecule has 4 saturated carbocycles. The summed E-state index contributed by atoms with van der Waals surface area (Å²) in [7, 11) is 0. The van der Waals surface area contributed by atoms with Crippen LogP contribution in [0.3, 0.4) is 0 Å². The first kappa shape index (κ1) is 12.4. The van der Waals surface area contributed by atoms with Crippen LogP contribution in [0.15, 0.2) is 0 Å². The lowest BCUT2D eigenvalue weighted by molar-refractivity contribution is 0.603. The summed E-state index contributed by atoms with van der Waals surface area (Å²) in [5.74, 6) is -0.391. The van der Waals surface area contributed by atoms with Gasteiger partial charge in [0.1, 0.15) is 14.6 Å². The Morgan fingerprint density at radius 3 is 1.00 bits per heavy atom. The molecule has 0 spiro atoms. The highest BCUT2D eigenvalue weighted by Gasteiger charge is 3.09. The largest absolute Gasteiger partial charge is 0.162 e. The van der Waals surface area contributed by atoms with Gasteiger partial charge in [0.05, 0.1) is 5.38 Å². The molecule has 0 aromatic rings. The third-order valence-corrected chi connectivity index (χ3v) is 10.2.